The smallest absolute Gasteiger partial charge is 0.293 e. The second-order valence-electron chi connectivity index (χ2n) is 5.06. The van der Waals surface area contributed by atoms with Crippen LogP contribution in [0.2, 0.25) is 0 Å². The fourth-order valence-corrected chi connectivity index (χ4v) is 2.12. The van der Waals surface area contributed by atoms with E-state index in [1.807, 2.05) is 0 Å². The first-order valence-electron chi connectivity index (χ1n) is 7.54. The third-order valence-corrected chi connectivity index (χ3v) is 3.39. The van der Waals surface area contributed by atoms with E-state index in [0.29, 0.717) is 30.3 Å². The molecule has 0 bridgehead atoms. The van der Waals surface area contributed by atoms with Gasteiger partial charge in [-0.05, 0) is 36.4 Å². The molecule has 8 nitrogen and oxygen atoms in total. The maximum absolute atomic E-state index is 12.3. The predicted octanol–water partition coefficient (Wildman–Crippen LogP) is 2.91. The number of nitro groups is 1. The van der Waals surface area contributed by atoms with Crippen LogP contribution < -0.4 is 15.4 Å². The molecule has 2 aromatic rings. The number of nitrogens with one attached hydrogen (secondary N) is 2. The van der Waals surface area contributed by atoms with E-state index in [1.54, 1.807) is 38.4 Å². The number of amides is 1. The van der Waals surface area contributed by atoms with Crippen LogP contribution in [0.15, 0.2) is 42.5 Å². The number of ether oxygens (including phenoxy) is 2. The van der Waals surface area contributed by atoms with Crippen LogP contribution in [-0.2, 0) is 4.74 Å². The first kappa shape index (κ1) is 18.2. The topological polar surface area (TPSA) is 103 Å². The summed E-state index contributed by atoms with van der Waals surface area (Å²) in [6.07, 6.45) is 0. The lowest BCUT2D eigenvalue weighted by molar-refractivity contribution is -0.384. The van der Waals surface area contributed by atoms with Crippen molar-refractivity contribution in [3.05, 3.63) is 58.1 Å². The Labute approximate surface area is 144 Å². The summed E-state index contributed by atoms with van der Waals surface area (Å²) >= 11 is 0. The van der Waals surface area contributed by atoms with Gasteiger partial charge in [0.05, 0.1) is 11.5 Å². The van der Waals surface area contributed by atoms with Gasteiger partial charge in [0.2, 0.25) is 0 Å². The van der Waals surface area contributed by atoms with Crippen molar-refractivity contribution in [2.45, 2.75) is 0 Å². The van der Waals surface area contributed by atoms with Gasteiger partial charge in [0.15, 0.2) is 0 Å². The number of nitrogens with zero attached hydrogens (tertiary/aromatic N) is 1. The monoisotopic (exact) mass is 345 g/mol. The number of hydrogen-bond acceptors (Lipinski definition) is 6. The summed E-state index contributed by atoms with van der Waals surface area (Å²) in [6, 6.07) is 11.1. The van der Waals surface area contributed by atoms with Crippen LogP contribution in [0, 0.1) is 10.1 Å². The Morgan fingerprint density at radius 2 is 1.88 bits per heavy atom. The summed E-state index contributed by atoms with van der Waals surface area (Å²) in [7, 11) is 3.17. The van der Waals surface area contributed by atoms with Gasteiger partial charge in [-0.15, -0.1) is 0 Å². The number of nitro benzene ring substituents is 1. The highest BCUT2D eigenvalue weighted by atomic mass is 16.6. The third-order valence-electron chi connectivity index (χ3n) is 3.39. The Morgan fingerprint density at radius 3 is 2.48 bits per heavy atom. The van der Waals surface area contributed by atoms with Crippen molar-refractivity contribution in [3.8, 4) is 5.75 Å². The van der Waals surface area contributed by atoms with Gasteiger partial charge < -0.3 is 20.1 Å². The quantitative estimate of drug-likeness (QED) is 0.433. The number of carbonyl (C=O) groups excluding carboxylic acids is 1. The molecule has 0 aromatic heterocycles. The molecule has 0 radical (unpaired) electrons. The summed E-state index contributed by atoms with van der Waals surface area (Å²) in [4.78, 5) is 22.8. The van der Waals surface area contributed by atoms with E-state index in [0.717, 1.165) is 0 Å². The van der Waals surface area contributed by atoms with E-state index in [-0.39, 0.29) is 11.3 Å². The highest BCUT2D eigenvalue weighted by molar-refractivity contribution is 6.05. The van der Waals surface area contributed by atoms with Crippen LogP contribution in [-0.4, -0.2) is 38.2 Å². The number of carbonyl (C=O) groups is 1. The SMILES string of the molecule is CNc1ccc(C(=O)Nc2ccc(OCCOC)cc2)cc1[N+](=O)[O-]. The molecule has 2 N–H and O–H groups in total. The van der Waals surface area contributed by atoms with Crippen LogP contribution >= 0.6 is 0 Å². The van der Waals surface area contributed by atoms with Crippen molar-refractivity contribution in [1.29, 1.82) is 0 Å². The summed E-state index contributed by atoms with van der Waals surface area (Å²) in [5.41, 5.74) is 0.951. The Hall–Kier alpha value is -3.13. The molecule has 25 heavy (non-hydrogen) atoms. The molecule has 1 amide bonds. The van der Waals surface area contributed by atoms with Gasteiger partial charge in [-0.25, -0.2) is 0 Å². The van der Waals surface area contributed by atoms with Crippen LogP contribution in [0.5, 0.6) is 5.75 Å². The molecule has 0 aliphatic heterocycles. The van der Waals surface area contributed by atoms with Crippen LogP contribution in [0.4, 0.5) is 17.1 Å². The second-order valence-corrected chi connectivity index (χ2v) is 5.06. The zero-order chi connectivity index (χ0) is 18.2. The number of hydrogen-bond donors (Lipinski definition) is 2. The van der Waals surface area contributed by atoms with Crippen molar-refractivity contribution in [2.24, 2.45) is 0 Å². The molecule has 132 valence electrons. The molecule has 0 heterocycles. The number of methoxy groups -OCH3 is 1. The van der Waals surface area contributed by atoms with Crippen molar-refractivity contribution in [3.63, 3.8) is 0 Å². The van der Waals surface area contributed by atoms with E-state index in [2.05, 4.69) is 10.6 Å². The fourth-order valence-electron chi connectivity index (χ4n) is 2.12. The van der Waals surface area contributed by atoms with Crippen molar-refractivity contribution < 1.29 is 19.2 Å². The van der Waals surface area contributed by atoms with Gasteiger partial charge in [0, 0.05) is 31.5 Å². The normalized spacial score (nSPS) is 10.2. The number of benzene rings is 2. The largest absolute Gasteiger partial charge is 0.491 e. The number of anilines is 2. The van der Waals surface area contributed by atoms with Crippen LogP contribution in [0.1, 0.15) is 10.4 Å². The van der Waals surface area contributed by atoms with E-state index in [4.69, 9.17) is 9.47 Å². The molecule has 0 spiro atoms. The van der Waals surface area contributed by atoms with Crippen LogP contribution in [0.3, 0.4) is 0 Å². The second kappa shape index (κ2) is 8.65. The van der Waals surface area contributed by atoms with Crippen LogP contribution in [0.25, 0.3) is 0 Å². The molecule has 2 rings (SSSR count). The maximum Gasteiger partial charge on any atom is 0.293 e. The molecular weight excluding hydrogens is 326 g/mol. The Balaban J connectivity index is 2.06. The van der Waals surface area contributed by atoms with E-state index in [1.165, 1.54) is 18.2 Å². The van der Waals surface area contributed by atoms with Gasteiger partial charge >= 0.3 is 0 Å². The molecule has 0 saturated carbocycles. The van der Waals surface area contributed by atoms with Gasteiger partial charge in [-0.3, -0.25) is 14.9 Å². The minimum atomic E-state index is -0.533. The van der Waals surface area contributed by atoms with Gasteiger partial charge in [0.25, 0.3) is 11.6 Å². The highest BCUT2D eigenvalue weighted by Gasteiger charge is 2.16. The molecular formula is C17H19N3O5. The van der Waals surface area contributed by atoms with Crippen molar-refractivity contribution in [2.75, 3.05) is 38.0 Å². The maximum atomic E-state index is 12.3. The lowest BCUT2D eigenvalue weighted by atomic mass is 10.1. The molecule has 0 unspecified atom stereocenters. The van der Waals surface area contributed by atoms with Gasteiger partial charge in [-0.1, -0.05) is 0 Å². The lowest BCUT2D eigenvalue weighted by Crippen LogP contribution is -2.12. The minimum absolute atomic E-state index is 0.156. The summed E-state index contributed by atoms with van der Waals surface area (Å²) in [5.74, 6) is 0.225. The molecule has 0 atom stereocenters. The predicted molar refractivity (Wildman–Crippen MR) is 94.4 cm³/mol. The molecule has 0 aliphatic rings. The van der Waals surface area contributed by atoms with Gasteiger partial charge in [0.1, 0.15) is 18.0 Å². The molecule has 0 aliphatic carbocycles. The average Bonchev–Trinajstić information content (AvgIpc) is 2.62. The zero-order valence-corrected chi connectivity index (χ0v) is 13.9. The van der Waals surface area contributed by atoms with E-state index in [9.17, 15) is 14.9 Å². The molecule has 0 fully saturated rings. The molecule has 8 heteroatoms. The number of rotatable bonds is 8. The Morgan fingerprint density at radius 1 is 1.16 bits per heavy atom. The lowest BCUT2D eigenvalue weighted by Gasteiger charge is -2.09. The summed E-state index contributed by atoms with van der Waals surface area (Å²) in [6.45, 7) is 0.920. The van der Waals surface area contributed by atoms with E-state index >= 15 is 0 Å². The van der Waals surface area contributed by atoms with Crippen molar-refractivity contribution >= 4 is 23.0 Å². The molecule has 2 aromatic carbocycles. The summed E-state index contributed by atoms with van der Waals surface area (Å²) < 4.78 is 10.3. The average molecular weight is 345 g/mol. The first-order valence-corrected chi connectivity index (χ1v) is 7.54. The third kappa shape index (κ3) is 4.92. The van der Waals surface area contributed by atoms with Crippen molar-refractivity contribution in [1.82, 2.24) is 0 Å². The molecule has 0 saturated heterocycles. The van der Waals surface area contributed by atoms with Gasteiger partial charge in [-0.2, -0.15) is 0 Å². The highest BCUT2D eigenvalue weighted by Crippen LogP contribution is 2.25. The fraction of sp³-hybridized carbons (Fsp3) is 0.235. The Kier molecular flexibility index (Phi) is 6.30. The summed E-state index contributed by atoms with van der Waals surface area (Å²) in [5, 5.41) is 16.5. The first-order chi connectivity index (χ1) is 12.0. The standard InChI is InChI=1S/C17H19N3O5/c1-18-15-8-3-12(11-16(15)20(22)23)17(21)19-13-4-6-14(7-5-13)25-10-9-24-2/h3-8,11,18H,9-10H2,1-2H3,(H,19,21). The van der Waals surface area contributed by atoms with E-state index < -0.39 is 10.8 Å². The Bertz CT molecular complexity index is 746. The minimum Gasteiger partial charge on any atom is -0.491 e. The zero-order valence-electron chi connectivity index (χ0n) is 13.9.